The maximum atomic E-state index is 9.26. The molecule has 0 unspecified atom stereocenters. The van der Waals surface area contributed by atoms with Crippen molar-refractivity contribution < 1.29 is 5.11 Å². The maximum absolute atomic E-state index is 9.26. The van der Waals surface area contributed by atoms with E-state index in [0.29, 0.717) is 5.02 Å². The average Bonchev–Trinajstić information content (AvgIpc) is 2.89. The minimum atomic E-state index is 0.228. The lowest BCUT2D eigenvalue weighted by molar-refractivity contribution is 0.475. The van der Waals surface area contributed by atoms with Crippen molar-refractivity contribution in [2.75, 3.05) is 0 Å². The largest absolute Gasteiger partial charge is 0.508 e. The number of hydrogen-bond acceptors (Lipinski definition) is 3. The third-order valence-electron chi connectivity index (χ3n) is 2.73. The van der Waals surface area contributed by atoms with Crippen LogP contribution in [0.25, 0.3) is 16.9 Å². The lowest BCUT2D eigenvalue weighted by Gasteiger charge is -1.99. The van der Waals surface area contributed by atoms with Gasteiger partial charge in [0.25, 0.3) is 0 Å². The number of halogens is 1. The molecule has 1 heterocycles. The molecule has 0 radical (unpaired) electrons. The zero-order valence-electron chi connectivity index (χ0n) is 9.86. The van der Waals surface area contributed by atoms with Gasteiger partial charge in [-0.05, 0) is 42.5 Å². The van der Waals surface area contributed by atoms with Gasteiger partial charge in [-0.3, -0.25) is 0 Å². The molecule has 0 aliphatic carbocycles. The van der Waals surface area contributed by atoms with Crippen LogP contribution >= 0.6 is 11.6 Å². The molecule has 0 atom stereocenters. The fourth-order valence-corrected chi connectivity index (χ4v) is 1.96. The van der Waals surface area contributed by atoms with E-state index in [1.165, 1.54) is 0 Å². The van der Waals surface area contributed by atoms with Crippen LogP contribution in [0, 0.1) is 0 Å². The summed E-state index contributed by atoms with van der Waals surface area (Å²) in [6.45, 7) is 0. The second kappa shape index (κ2) is 4.74. The number of nitrogens with zero attached hydrogens (tertiary/aromatic N) is 3. The minimum absolute atomic E-state index is 0.228. The quantitative estimate of drug-likeness (QED) is 0.778. The van der Waals surface area contributed by atoms with Gasteiger partial charge in [-0.15, -0.1) is 5.10 Å². The Morgan fingerprint density at radius 3 is 2.58 bits per heavy atom. The Bertz CT molecular complexity index is 707. The highest BCUT2D eigenvalue weighted by atomic mass is 35.5. The summed E-state index contributed by atoms with van der Waals surface area (Å²) < 4.78 is 1.66. The molecule has 0 aliphatic rings. The fraction of sp³-hybridized carbons (Fsp3) is 0. The summed E-state index contributed by atoms with van der Waals surface area (Å²) in [7, 11) is 0. The van der Waals surface area contributed by atoms with Gasteiger partial charge in [0.15, 0.2) is 0 Å². The number of hydrogen-bond donors (Lipinski definition) is 1. The number of benzene rings is 2. The van der Waals surface area contributed by atoms with Gasteiger partial charge < -0.3 is 5.11 Å². The van der Waals surface area contributed by atoms with Crippen molar-refractivity contribution in [3.05, 3.63) is 59.8 Å². The van der Waals surface area contributed by atoms with E-state index in [4.69, 9.17) is 11.6 Å². The van der Waals surface area contributed by atoms with Crippen molar-refractivity contribution in [2.45, 2.75) is 0 Å². The number of aromatic hydroxyl groups is 1. The van der Waals surface area contributed by atoms with Crippen molar-refractivity contribution in [1.29, 1.82) is 0 Å². The zero-order chi connectivity index (χ0) is 13.2. The van der Waals surface area contributed by atoms with Gasteiger partial charge in [0, 0.05) is 10.6 Å². The molecule has 3 aromatic rings. The van der Waals surface area contributed by atoms with Crippen molar-refractivity contribution in [2.24, 2.45) is 0 Å². The average molecular weight is 272 g/mol. The standard InChI is InChI=1S/C14H10ClN3O/c15-11-2-1-3-12(8-11)18-9-14(16-17-18)10-4-6-13(19)7-5-10/h1-9,19H. The van der Waals surface area contributed by atoms with Crippen LogP contribution in [-0.2, 0) is 0 Å². The van der Waals surface area contributed by atoms with Crippen LogP contribution in [0.4, 0.5) is 0 Å². The molecule has 0 fully saturated rings. The molecule has 19 heavy (non-hydrogen) atoms. The van der Waals surface area contributed by atoms with E-state index in [0.717, 1.165) is 16.9 Å². The van der Waals surface area contributed by atoms with Crippen LogP contribution in [0.1, 0.15) is 0 Å². The summed E-state index contributed by atoms with van der Waals surface area (Å²) in [5.74, 6) is 0.228. The molecular weight excluding hydrogens is 262 g/mol. The molecule has 0 amide bonds. The topological polar surface area (TPSA) is 50.9 Å². The van der Waals surface area contributed by atoms with Gasteiger partial charge in [0.05, 0.1) is 11.9 Å². The van der Waals surface area contributed by atoms with Crippen LogP contribution in [0.2, 0.25) is 5.02 Å². The Morgan fingerprint density at radius 2 is 1.84 bits per heavy atom. The Kier molecular flexibility index (Phi) is 2.93. The van der Waals surface area contributed by atoms with Crippen LogP contribution in [-0.4, -0.2) is 20.1 Å². The lowest BCUT2D eigenvalue weighted by atomic mass is 10.2. The predicted octanol–water partition coefficient (Wildman–Crippen LogP) is 3.29. The second-order valence-electron chi connectivity index (χ2n) is 4.08. The van der Waals surface area contributed by atoms with E-state index in [1.807, 2.05) is 30.5 Å². The molecule has 0 spiro atoms. The Balaban J connectivity index is 1.97. The van der Waals surface area contributed by atoms with Gasteiger partial charge >= 0.3 is 0 Å². The van der Waals surface area contributed by atoms with E-state index < -0.39 is 0 Å². The molecular formula is C14H10ClN3O. The first-order valence-corrected chi connectivity index (χ1v) is 6.08. The molecule has 0 aliphatic heterocycles. The highest BCUT2D eigenvalue weighted by molar-refractivity contribution is 6.30. The van der Waals surface area contributed by atoms with Crippen molar-refractivity contribution in [3.63, 3.8) is 0 Å². The van der Waals surface area contributed by atoms with E-state index in [-0.39, 0.29) is 5.75 Å². The number of aromatic nitrogens is 3. The van der Waals surface area contributed by atoms with E-state index >= 15 is 0 Å². The molecule has 94 valence electrons. The van der Waals surface area contributed by atoms with Crippen LogP contribution in [0.15, 0.2) is 54.7 Å². The number of phenols is 1. The van der Waals surface area contributed by atoms with Crippen LogP contribution < -0.4 is 0 Å². The summed E-state index contributed by atoms with van der Waals surface area (Å²) in [5, 5.41) is 18.1. The molecule has 0 bridgehead atoms. The summed E-state index contributed by atoms with van der Waals surface area (Å²) >= 11 is 5.95. The first-order valence-electron chi connectivity index (χ1n) is 5.70. The van der Waals surface area contributed by atoms with Crippen molar-refractivity contribution in [3.8, 4) is 22.7 Å². The van der Waals surface area contributed by atoms with Crippen molar-refractivity contribution in [1.82, 2.24) is 15.0 Å². The normalized spacial score (nSPS) is 10.6. The molecule has 4 nitrogen and oxygen atoms in total. The van der Waals surface area contributed by atoms with Gasteiger partial charge in [-0.1, -0.05) is 22.9 Å². The SMILES string of the molecule is Oc1ccc(-c2cn(-c3cccc(Cl)c3)nn2)cc1. The highest BCUT2D eigenvalue weighted by Gasteiger charge is 2.05. The predicted molar refractivity (Wildman–Crippen MR) is 73.5 cm³/mol. The van der Waals surface area contributed by atoms with Gasteiger partial charge in [0.1, 0.15) is 11.4 Å². The smallest absolute Gasteiger partial charge is 0.115 e. The monoisotopic (exact) mass is 271 g/mol. The molecule has 1 aromatic heterocycles. The molecule has 1 N–H and O–H groups in total. The second-order valence-corrected chi connectivity index (χ2v) is 4.51. The maximum Gasteiger partial charge on any atom is 0.115 e. The van der Waals surface area contributed by atoms with Crippen LogP contribution in [0.5, 0.6) is 5.75 Å². The summed E-state index contributed by atoms with van der Waals surface area (Å²) in [6.07, 6.45) is 1.82. The van der Waals surface area contributed by atoms with E-state index in [9.17, 15) is 5.11 Å². The van der Waals surface area contributed by atoms with Gasteiger partial charge in [0.2, 0.25) is 0 Å². The summed E-state index contributed by atoms with van der Waals surface area (Å²) in [4.78, 5) is 0. The van der Waals surface area contributed by atoms with E-state index in [2.05, 4.69) is 10.3 Å². The number of phenolic OH excluding ortho intramolecular Hbond substituents is 1. The third-order valence-corrected chi connectivity index (χ3v) is 2.96. The first kappa shape index (κ1) is 11.7. The fourth-order valence-electron chi connectivity index (χ4n) is 1.77. The first-order chi connectivity index (χ1) is 9.22. The zero-order valence-corrected chi connectivity index (χ0v) is 10.6. The number of rotatable bonds is 2. The summed E-state index contributed by atoms with van der Waals surface area (Å²) in [6, 6.07) is 14.2. The van der Waals surface area contributed by atoms with Gasteiger partial charge in [-0.2, -0.15) is 0 Å². The minimum Gasteiger partial charge on any atom is -0.508 e. The van der Waals surface area contributed by atoms with Crippen LogP contribution in [0.3, 0.4) is 0 Å². The molecule has 2 aromatic carbocycles. The van der Waals surface area contributed by atoms with Crippen molar-refractivity contribution >= 4 is 11.6 Å². The molecule has 3 rings (SSSR count). The lowest BCUT2D eigenvalue weighted by Crippen LogP contribution is -1.93. The molecule has 0 saturated carbocycles. The molecule has 0 saturated heterocycles. The highest BCUT2D eigenvalue weighted by Crippen LogP contribution is 2.21. The Hall–Kier alpha value is -2.33. The Labute approximate surface area is 114 Å². The third kappa shape index (κ3) is 2.44. The Morgan fingerprint density at radius 1 is 1.05 bits per heavy atom. The van der Waals surface area contributed by atoms with E-state index in [1.54, 1.807) is 28.9 Å². The molecule has 5 heteroatoms. The summed E-state index contributed by atoms with van der Waals surface area (Å²) in [5.41, 5.74) is 2.48. The van der Waals surface area contributed by atoms with Gasteiger partial charge in [-0.25, -0.2) is 4.68 Å².